The van der Waals surface area contributed by atoms with Crippen molar-refractivity contribution in [3.05, 3.63) is 15.6 Å². The highest BCUT2D eigenvalue weighted by molar-refractivity contribution is 7.13. The van der Waals surface area contributed by atoms with Gasteiger partial charge in [0, 0.05) is 12.1 Å². The number of halogens is 2. The summed E-state index contributed by atoms with van der Waals surface area (Å²) in [5.41, 5.74) is 6.17. The number of amides is 1. The summed E-state index contributed by atoms with van der Waals surface area (Å²) in [6.45, 7) is 7.94. The van der Waals surface area contributed by atoms with Crippen molar-refractivity contribution in [2.45, 2.75) is 33.2 Å². The fourth-order valence-corrected chi connectivity index (χ4v) is 1.97. The summed E-state index contributed by atoms with van der Waals surface area (Å²) in [5, 5.41) is 3.71. The van der Waals surface area contributed by atoms with Gasteiger partial charge < -0.3 is 11.1 Å². The van der Waals surface area contributed by atoms with Crippen LogP contribution >= 0.6 is 36.2 Å². The number of hydrogen-bond acceptors (Lipinski definition) is 4. The second kappa shape index (κ2) is 7.16. The Morgan fingerprint density at radius 3 is 2.29 bits per heavy atom. The summed E-state index contributed by atoms with van der Waals surface area (Å²) in [5.74, 6) is -0.0865. The third-order valence-corrected chi connectivity index (χ3v) is 2.89. The number of carbonyl (C=O) groups excluding carboxylic acids is 1. The summed E-state index contributed by atoms with van der Waals surface area (Å²) in [6, 6.07) is 0. The van der Waals surface area contributed by atoms with E-state index < -0.39 is 0 Å². The number of aromatic nitrogens is 1. The smallest absolute Gasteiger partial charge is 0.263 e. The van der Waals surface area contributed by atoms with Crippen LogP contribution in [0.4, 0.5) is 0 Å². The molecule has 0 unspecified atom stereocenters. The van der Waals surface area contributed by atoms with Crippen molar-refractivity contribution in [3.63, 3.8) is 0 Å². The van der Waals surface area contributed by atoms with E-state index >= 15 is 0 Å². The summed E-state index contributed by atoms with van der Waals surface area (Å²) in [6.07, 6.45) is 0. The first-order chi connectivity index (χ1) is 6.79. The van der Waals surface area contributed by atoms with Crippen LogP contribution in [-0.4, -0.2) is 23.0 Å². The first kappa shape index (κ1) is 19.0. The first-order valence-electron chi connectivity index (χ1n) is 4.81. The summed E-state index contributed by atoms with van der Waals surface area (Å²) < 4.78 is 0. The molecule has 1 aromatic rings. The molecule has 0 radical (unpaired) electrons. The molecular weight excluding hydrogens is 281 g/mol. The summed E-state index contributed by atoms with van der Waals surface area (Å²) >= 11 is 1.41. The predicted octanol–water partition coefficient (Wildman–Crippen LogP) is 2.07. The fraction of sp³-hybridized carbons (Fsp3) is 0.600. The normalized spacial score (nSPS) is 10.2. The van der Waals surface area contributed by atoms with E-state index in [4.69, 9.17) is 5.73 Å². The molecule has 1 amide bonds. The number of hydrogen-bond donors (Lipinski definition) is 2. The van der Waals surface area contributed by atoms with Crippen LogP contribution < -0.4 is 11.1 Å². The molecule has 0 aromatic carbocycles. The number of thiazole rings is 1. The van der Waals surface area contributed by atoms with Crippen molar-refractivity contribution in [1.29, 1.82) is 0 Å². The first-order valence-corrected chi connectivity index (χ1v) is 5.62. The Morgan fingerprint density at radius 1 is 1.41 bits per heavy atom. The molecule has 0 saturated carbocycles. The van der Waals surface area contributed by atoms with Crippen LogP contribution in [0.5, 0.6) is 0 Å². The Morgan fingerprint density at radius 2 is 1.94 bits per heavy atom. The molecule has 1 aromatic heterocycles. The number of aryl methyl sites for hydroxylation is 2. The molecule has 17 heavy (non-hydrogen) atoms. The lowest BCUT2D eigenvalue weighted by atomic mass is 10.1. The van der Waals surface area contributed by atoms with Gasteiger partial charge >= 0.3 is 0 Å². The van der Waals surface area contributed by atoms with Crippen LogP contribution in [-0.2, 0) is 0 Å². The third kappa shape index (κ3) is 6.21. The number of nitrogens with two attached hydrogens (primary N) is 1. The molecule has 0 saturated heterocycles. The predicted molar refractivity (Wildman–Crippen MR) is 76.7 cm³/mol. The molecule has 0 atom stereocenters. The van der Waals surface area contributed by atoms with Crippen LogP contribution in [0.3, 0.4) is 0 Å². The van der Waals surface area contributed by atoms with Crippen LogP contribution in [0, 0.1) is 13.8 Å². The second-order valence-electron chi connectivity index (χ2n) is 4.32. The number of nitrogens with one attached hydrogen (secondary N) is 1. The third-order valence-electron chi connectivity index (χ3n) is 1.81. The van der Waals surface area contributed by atoms with E-state index in [-0.39, 0.29) is 36.3 Å². The number of rotatable bonds is 3. The molecule has 4 nitrogen and oxygen atoms in total. The maximum atomic E-state index is 11.7. The van der Waals surface area contributed by atoms with Gasteiger partial charge in [0.05, 0.1) is 10.7 Å². The van der Waals surface area contributed by atoms with E-state index in [9.17, 15) is 4.79 Å². The molecule has 1 heterocycles. The SMILES string of the molecule is Cc1nc(C)c(C(=O)NCC(C)(C)N)s1.Cl.Cl. The largest absolute Gasteiger partial charge is 0.349 e. The van der Waals surface area contributed by atoms with Crippen molar-refractivity contribution in [3.8, 4) is 0 Å². The van der Waals surface area contributed by atoms with Gasteiger partial charge in [0.2, 0.25) is 0 Å². The van der Waals surface area contributed by atoms with E-state index in [0.717, 1.165) is 10.7 Å². The van der Waals surface area contributed by atoms with Gasteiger partial charge in [-0.05, 0) is 27.7 Å². The van der Waals surface area contributed by atoms with Gasteiger partial charge in [-0.15, -0.1) is 36.2 Å². The van der Waals surface area contributed by atoms with Crippen LogP contribution in [0.25, 0.3) is 0 Å². The molecule has 100 valence electrons. The van der Waals surface area contributed by atoms with Gasteiger partial charge in [0.1, 0.15) is 4.88 Å². The van der Waals surface area contributed by atoms with E-state index in [1.165, 1.54) is 11.3 Å². The minimum absolute atomic E-state index is 0. The van der Waals surface area contributed by atoms with Gasteiger partial charge in [-0.2, -0.15) is 0 Å². The molecule has 0 aliphatic heterocycles. The van der Waals surface area contributed by atoms with Crippen LogP contribution in [0.15, 0.2) is 0 Å². The molecule has 0 bridgehead atoms. The van der Waals surface area contributed by atoms with Crippen molar-refractivity contribution in [1.82, 2.24) is 10.3 Å². The standard InChI is InChI=1S/C10H17N3OS.2ClH/c1-6-8(15-7(2)13-6)9(14)12-5-10(3,4)11;;/h5,11H2,1-4H3,(H,12,14);2*1H. The minimum Gasteiger partial charge on any atom is -0.349 e. The second-order valence-corrected chi connectivity index (χ2v) is 5.52. The van der Waals surface area contributed by atoms with Crippen LogP contribution in [0.1, 0.15) is 34.2 Å². The Bertz CT molecular complexity index is 374. The Labute approximate surface area is 118 Å². The van der Waals surface area contributed by atoms with Gasteiger partial charge in [-0.3, -0.25) is 4.79 Å². The lowest BCUT2D eigenvalue weighted by Crippen LogP contribution is -2.45. The Kier molecular flexibility index (Phi) is 8.00. The van der Waals surface area contributed by atoms with Crippen molar-refractivity contribution in [2.24, 2.45) is 5.73 Å². The van der Waals surface area contributed by atoms with Crippen molar-refractivity contribution in [2.75, 3.05) is 6.54 Å². The Balaban J connectivity index is 0. The molecule has 0 aliphatic rings. The highest BCUT2D eigenvalue weighted by Gasteiger charge is 2.16. The average Bonchev–Trinajstić information content (AvgIpc) is 2.40. The van der Waals surface area contributed by atoms with E-state index in [0.29, 0.717) is 11.4 Å². The van der Waals surface area contributed by atoms with Crippen LogP contribution in [0.2, 0.25) is 0 Å². The van der Waals surface area contributed by atoms with E-state index in [1.54, 1.807) is 0 Å². The molecule has 0 fully saturated rings. The van der Waals surface area contributed by atoms with Crippen molar-refractivity contribution >= 4 is 42.1 Å². The molecule has 7 heteroatoms. The zero-order valence-electron chi connectivity index (χ0n) is 10.4. The zero-order chi connectivity index (χ0) is 11.6. The highest BCUT2D eigenvalue weighted by Crippen LogP contribution is 2.16. The lowest BCUT2D eigenvalue weighted by molar-refractivity contribution is 0.0949. The highest BCUT2D eigenvalue weighted by atomic mass is 35.5. The lowest BCUT2D eigenvalue weighted by Gasteiger charge is -2.18. The zero-order valence-corrected chi connectivity index (χ0v) is 12.8. The van der Waals surface area contributed by atoms with Gasteiger partial charge in [-0.1, -0.05) is 0 Å². The summed E-state index contributed by atoms with van der Waals surface area (Å²) in [7, 11) is 0. The maximum Gasteiger partial charge on any atom is 0.263 e. The average molecular weight is 300 g/mol. The molecule has 0 aliphatic carbocycles. The Hall–Kier alpha value is -0.360. The van der Waals surface area contributed by atoms with E-state index in [2.05, 4.69) is 10.3 Å². The maximum absolute atomic E-state index is 11.7. The number of nitrogens with zero attached hydrogens (tertiary/aromatic N) is 1. The molecule has 3 N–H and O–H groups in total. The van der Waals surface area contributed by atoms with Crippen molar-refractivity contribution < 1.29 is 4.79 Å². The minimum atomic E-state index is -0.386. The monoisotopic (exact) mass is 299 g/mol. The van der Waals surface area contributed by atoms with Gasteiger partial charge in [0.25, 0.3) is 5.91 Å². The molecular formula is C10H19Cl2N3OS. The van der Waals surface area contributed by atoms with E-state index in [1.807, 2.05) is 27.7 Å². The number of carbonyl (C=O) groups is 1. The molecule has 1 rings (SSSR count). The summed E-state index contributed by atoms with van der Waals surface area (Å²) in [4.78, 5) is 16.6. The fourth-order valence-electron chi connectivity index (χ4n) is 1.13. The topological polar surface area (TPSA) is 68.0 Å². The van der Waals surface area contributed by atoms with Gasteiger partial charge in [0.15, 0.2) is 0 Å². The molecule has 0 spiro atoms. The van der Waals surface area contributed by atoms with Gasteiger partial charge in [-0.25, -0.2) is 4.98 Å². The quantitative estimate of drug-likeness (QED) is 0.898.